The van der Waals surface area contributed by atoms with Crippen molar-refractivity contribution in [3.05, 3.63) is 45.5 Å². The van der Waals surface area contributed by atoms with E-state index in [1.54, 1.807) is 13.8 Å². The van der Waals surface area contributed by atoms with Gasteiger partial charge >= 0.3 is 0 Å². The Morgan fingerprint density at radius 2 is 2.17 bits per heavy atom. The van der Waals surface area contributed by atoms with Crippen LogP contribution in [0.5, 0.6) is 0 Å². The highest BCUT2D eigenvalue weighted by Gasteiger charge is 2.17. The molecule has 1 aromatic carbocycles. The fourth-order valence-electron chi connectivity index (χ4n) is 1.57. The van der Waals surface area contributed by atoms with Crippen molar-refractivity contribution in [2.75, 3.05) is 5.32 Å². The van der Waals surface area contributed by atoms with Crippen LogP contribution in [0.1, 0.15) is 21.8 Å². The SMILES string of the molecule is Cc1noc(C)c1C(=O)Nc1ccc(F)c(Br)c1. The Morgan fingerprint density at radius 3 is 2.72 bits per heavy atom. The number of hydrogen-bond acceptors (Lipinski definition) is 3. The van der Waals surface area contributed by atoms with Gasteiger partial charge in [0.25, 0.3) is 5.91 Å². The number of hydrogen-bond donors (Lipinski definition) is 1. The van der Waals surface area contributed by atoms with Crippen LogP contribution >= 0.6 is 15.9 Å². The summed E-state index contributed by atoms with van der Waals surface area (Å²) in [6.45, 7) is 3.35. The number of halogens is 2. The molecule has 0 unspecified atom stereocenters. The number of nitrogens with zero attached hydrogens (tertiary/aromatic N) is 1. The minimum Gasteiger partial charge on any atom is -0.361 e. The number of carbonyl (C=O) groups is 1. The van der Waals surface area contributed by atoms with Gasteiger partial charge in [0.05, 0.1) is 10.2 Å². The van der Waals surface area contributed by atoms with E-state index >= 15 is 0 Å². The summed E-state index contributed by atoms with van der Waals surface area (Å²) in [5.74, 6) is -0.263. The van der Waals surface area contributed by atoms with Crippen LogP contribution in [-0.2, 0) is 0 Å². The van der Waals surface area contributed by atoms with E-state index in [1.807, 2.05) is 0 Å². The number of benzene rings is 1. The lowest BCUT2D eigenvalue weighted by Crippen LogP contribution is -2.13. The first kappa shape index (κ1) is 12.8. The molecular formula is C12H10BrFN2O2. The molecule has 0 radical (unpaired) electrons. The third-order valence-electron chi connectivity index (χ3n) is 2.44. The summed E-state index contributed by atoms with van der Waals surface area (Å²) in [4.78, 5) is 12.0. The van der Waals surface area contributed by atoms with Gasteiger partial charge in [0.15, 0.2) is 0 Å². The first-order valence-electron chi connectivity index (χ1n) is 5.18. The van der Waals surface area contributed by atoms with Crippen LogP contribution in [0.2, 0.25) is 0 Å². The first-order chi connectivity index (χ1) is 8.49. The number of carbonyl (C=O) groups excluding carboxylic acids is 1. The molecule has 0 bridgehead atoms. The largest absolute Gasteiger partial charge is 0.361 e. The molecule has 0 spiro atoms. The second-order valence-electron chi connectivity index (χ2n) is 3.78. The highest BCUT2D eigenvalue weighted by atomic mass is 79.9. The first-order valence-corrected chi connectivity index (χ1v) is 5.97. The second-order valence-corrected chi connectivity index (χ2v) is 4.64. The van der Waals surface area contributed by atoms with E-state index in [-0.39, 0.29) is 11.7 Å². The fourth-order valence-corrected chi connectivity index (χ4v) is 1.95. The lowest BCUT2D eigenvalue weighted by atomic mass is 10.2. The van der Waals surface area contributed by atoms with Gasteiger partial charge in [-0.1, -0.05) is 5.16 Å². The summed E-state index contributed by atoms with van der Waals surface area (Å²) in [7, 11) is 0. The van der Waals surface area contributed by atoms with E-state index in [9.17, 15) is 9.18 Å². The number of nitrogens with one attached hydrogen (secondary N) is 1. The van der Waals surface area contributed by atoms with Gasteiger partial charge in [0, 0.05) is 5.69 Å². The Hall–Kier alpha value is -1.69. The van der Waals surface area contributed by atoms with Crippen LogP contribution in [0.15, 0.2) is 27.2 Å². The maximum absolute atomic E-state index is 13.1. The van der Waals surface area contributed by atoms with E-state index in [2.05, 4.69) is 26.4 Å². The zero-order valence-corrected chi connectivity index (χ0v) is 11.3. The molecule has 0 aliphatic heterocycles. The molecule has 1 heterocycles. The molecule has 0 aliphatic carbocycles. The van der Waals surface area contributed by atoms with Crippen molar-refractivity contribution in [2.24, 2.45) is 0 Å². The lowest BCUT2D eigenvalue weighted by molar-refractivity contribution is 0.102. The summed E-state index contributed by atoms with van der Waals surface area (Å²) >= 11 is 3.06. The number of anilines is 1. The molecule has 18 heavy (non-hydrogen) atoms. The average molecular weight is 313 g/mol. The zero-order chi connectivity index (χ0) is 13.3. The van der Waals surface area contributed by atoms with Crippen LogP contribution < -0.4 is 5.32 Å². The summed E-state index contributed by atoms with van der Waals surface area (Å²) < 4.78 is 18.3. The Morgan fingerprint density at radius 1 is 1.44 bits per heavy atom. The van der Waals surface area contributed by atoms with Crippen LogP contribution in [0.25, 0.3) is 0 Å². The highest BCUT2D eigenvalue weighted by Crippen LogP contribution is 2.21. The minimum absolute atomic E-state index is 0.291. The molecule has 1 N–H and O–H groups in total. The summed E-state index contributed by atoms with van der Waals surface area (Å²) in [6.07, 6.45) is 0. The highest BCUT2D eigenvalue weighted by molar-refractivity contribution is 9.10. The van der Waals surface area contributed by atoms with Gasteiger partial charge in [-0.25, -0.2) is 4.39 Å². The van der Waals surface area contributed by atoms with E-state index in [0.717, 1.165) is 0 Å². The monoisotopic (exact) mass is 312 g/mol. The topological polar surface area (TPSA) is 55.1 Å². The smallest absolute Gasteiger partial charge is 0.261 e. The Balaban J connectivity index is 2.24. The predicted octanol–water partition coefficient (Wildman–Crippen LogP) is 3.45. The van der Waals surface area contributed by atoms with Gasteiger partial charge in [0.1, 0.15) is 17.1 Å². The lowest BCUT2D eigenvalue weighted by Gasteiger charge is -2.05. The zero-order valence-electron chi connectivity index (χ0n) is 9.75. The van der Waals surface area contributed by atoms with Crippen LogP contribution in [-0.4, -0.2) is 11.1 Å². The molecule has 4 nitrogen and oxygen atoms in total. The van der Waals surface area contributed by atoms with Gasteiger partial charge in [-0.2, -0.15) is 0 Å². The molecule has 0 saturated heterocycles. The summed E-state index contributed by atoms with van der Waals surface area (Å²) in [5, 5.41) is 6.36. The molecular weight excluding hydrogens is 303 g/mol. The van der Waals surface area contributed by atoms with Crippen molar-refractivity contribution < 1.29 is 13.7 Å². The molecule has 0 fully saturated rings. The molecule has 1 amide bonds. The number of aromatic nitrogens is 1. The Labute approximate surface area is 111 Å². The molecule has 1 aromatic heterocycles. The number of aryl methyl sites for hydroxylation is 2. The van der Waals surface area contributed by atoms with E-state index < -0.39 is 0 Å². The van der Waals surface area contributed by atoms with Gasteiger partial charge in [-0.15, -0.1) is 0 Å². The van der Waals surface area contributed by atoms with Gasteiger partial charge in [-0.3, -0.25) is 4.79 Å². The number of rotatable bonds is 2. The quantitative estimate of drug-likeness (QED) is 0.924. The van der Waals surface area contributed by atoms with Gasteiger partial charge in [0.2, 0.25) is 0 Å². The molecule has 2 aromatic rings. The Kier molecular flexibility index (Phi) is 3.47. The third-order valence-corrected chi connectivity index (χ3v) is 3.05. The standard InChI is InChI=1S/C12H10BrFN2O2/c1-6-11(7(2)18-16-6)12(17)15-8-3-4-10(14)9(13)5-8/h3-5H,1-2H3,(H,15,17). The van der Waals surface area contributed by atoms with Gasteiger partial charge < -0.3 is 9.84 Å². The molecule has 0 atom stereocenters. The van der Waals surface area contributed by atoms with E-state index in [0.29, 0.717) is 27.2 Å². The predicted molar refractivity (Wildman–Crippen MR) is 68.0 cm³/mol. The second kappa shape index (κ2) is 4.89. The maximum atomic E-state index is 13.1. The normalized spacial score (nSPS) is 10.4. The van der Waals surface area contributed by atoms with Crippen molar-refractivity contribution in [2.45, 2.75) is 13.8 Å². The van der Waals surface area contributed by atoms with Crippen LogP contribution in [0.4, 0.5) is 10.1 Å². The van der Waals surface area contributed by atoms with E-state index in [1.165, 1.54) is 18.2 Å². The van der Waals surface area contributed by atoms with Gasteiger partial charge in [-0.05, 0) is 48.0 Å². The van der Waals surface area contributed by atoms with Crippen molar-refractivity contribution >= 4 is 27.5 Å². The molecule has 0 saturated carbocycles. The number of amides is 1. The van der Waals surface area contributed by atoms with Crippen molar-refractivity contribution in [1.82, 2.24) is 5.16 Å². The van der Waals surface area contributed by atoms with Crippen LogP contribution in [0.3, 0.4) is 0 Å². The fraction of sp³-hybridized carbons (Fsp3) is 0.167. The maximum Gasteiger partial charge on any atom is 0.261 e. The van der Waals surface area contributed by atoms with Crippen LogP contribution in [0, 0.1) is 19.7 Å². The Bertz CT molecular complexity index is 591. The van der Waals surface area contributed by atoms with E-state index in [4.69, 9.17) is 4.52 Å². The summed E-state index contributed by atoms with van der Waals surface area (Å²) in [5.41, 5.74) is 1.41. The molecule has 6 heteroatoms. The molecule has 94 valence electrons. The van der Waals surface area contributed by atoms with Crippen molar-refractivity contribution in [1.29, 1.82) is 0 Å². The molecule has 0 aliphatic rings. The molecule has 2 rings (SSSR count). The third kappa shape index (κ3) is 2.43. The van der Waals surface area contributed by atoms with Crippen molar-refractivity contribution in [3.63, 3.8) is 0 Å². The van der Waals surface area contributed by atoms with Crippen molar-refractivity contribution in [3.8, 4) is 0 Å². The average Bonchev–Trinajstić information content (AvgIpc) is 2.64. The minimum atomic E-state index is -0.384. The summed E-state index contributed by atoms with van der Waals surface area (Å²) in [6, 6.07) is 4.24.